The third kappa shape index (κ3) is 5.85. The number of rotatable bonds is 7. The van der Waals surface area contributed by atoms with Gasteiger partial charge in [-0.3, -0.25) is 0 Å². The Labute approximate surface area is 321 Å². The molecule has 2 heteroatoms. The fourth-order valence-electron chi connectivity index (χ4n) is 8.27. The highest BCUT2D eigenvalue weighted by atomic mass is 15.1. The highest BCUT2D eigenvalue weighted by Crippen LogP contribution is 2.48. The van der Waals surface area contributed by atoms with Crippen LogP contribution in [0.2, 0.25) is 0 Å². The summed E-state index contributed by atoms with van der Waals surface area (Å²) < 4.78 is 0. The van der Waals surface area contributed by atoms with E-state index in [0.717, 1.165) is 28.4 Å². The number of hydrogen-bond acceptors (Lipinski definition) is 2. The van der Waals surface area contributed by atoms with Crippen LogP contribution in [0.15, 0.2) is 212 Å². The first-order chi connectivity index (χ1) is 27.2. The Bertz CT molecular complexity index is 2950. The molecule has 0 fully saturated rings. The van der Waals surface area contributed by atoms with Crippen LogP contribution >= 0.6 is 0 Å². The minimum atomic E-state index is 1.11. The molecule has 0 saturated carbocycles. The van der Waals surface area contributed by atoms with Crippen molar-refractivity contribution in [1.82, 2.24) is 0 Å². The number of anilines is 5. The Morgan fingerprint density at radius 1 is 0.273 bits per heavy atom. The number of fused-ring (bicyclic) bond motifs is 4. The molecule has 0 atom stereocenters. The zero-order chi connectivity index (χ0) is 36.7. The van der Waals surface area contributed by atoms with Crippen molar-refractivity contribution in [2.45, 2.75) is 0 Å². The molecule has 10 aromatic carbocycles. The van der Waals surface area contributed by atoms with E-state index in [1.54, 1.807) is 0 Å². The third-order valence-electron chi connectivity index (χ3n) is 11.0. The van der Waals surface area contributed by atoms with Crippen molar-refractivity contribution in [3.05, 3.63) is 212 Å². The van der Waals surface area contributed by atoms with E-state index in [4.69, 9.17) is 0 Å². The summed E-state index contributed by atoms with van der Waals surface area (Å²) >= 11 is 0. The molecular weight excluding hydrogens is 665 g/mol. The Kier molecular flexibility index (Phi) is 8.08. The van der Waals surface area contributed by atoms with Gasteiger partial charge in [-0.15, -0.1) is 0 Å². The molecule has 0 unspecified atom stereocenters. The molecule has 0 bridgehead atoms. The van der Waals surface area contributed by atoms with Crippen LogP contribution in [0.25, 0.3) is 65.3 Å². The van der Waals surface area contributed by atoms with Gasteiger partial charge in [-0.1, -0.05) is 140 Å². The summed E-state index contributed by atoms with van der Waals surface area (Å²) in [5.74, 6) is 0. The SMILES string of the molecule is CN(c1ccccc1)c1ccc2c(-c3ccc4ccccc4c3)c3cc(N(c4ccccc4)c4ccccc4)ccc3c(-c3ccc4ccccc4c3)c2c1. The largest absolute Gasteiger partial charge is 0.345 e. The molecule has 2 nitrogen and oxygen atoms in total. The van der Waals surface area contributed by atoms with Crippen LogP contribution in [0, 0.1) is 0 Å². The second-order valence-electron chi connectivity index (χ2n) is 14.2. The molecule has 0 amide bonds. The molecule has 55 heavy (non-hydrogen) atoms. The molecule has 10 aromatic rings. The Balaban J connectivity index is 1.32. The average molecular weight is 703 g/mol. The highest BCUT2D eigenvalue weighted by Gasteiger charge is 2.21. The molecule has 0 aliphatic carbocycles. The maximum Gasteiger partial charge on any atom is 0.0468 e. The second kappa shape index (κ2) is 13.7. The Hall–Kier alpha value is -7.16. The molecule has 260 valence electrons. The van der Waals surface area contributed by atoms with E-state index in [9.17, 15) is 0 Å². The lowest BCUT2D eigenvalue weighted by atomic mass is 9.84. The van der Waals surface area contributed by atoms with E-state index in [0.29, 0.717) is 0 Å². The molecule has 0 N–H and O–H groups in total. The van der Waals surface area contributed by atoms with Crippen LogP contribution in [0.4, 0.5) is 28.4 Å². The second-order valence-corrected chi connectivity index (χ2v) is 14.2. The quantitative estimate of drug-likeness (QED) is 0.153. The monoisotopic (exact) mass is 702 g/mol. The minimum Gasteiger partial charge on any atom is -0.345 e. The van der Waals surface area contributed by atoms with E-state index in [1.165, 1.54) is 65.3 Å². The van der Waals surface area contributed by atoms with Gasteiger partial charge >= 0.3 is 0 Å². The van der Waals surface area contributed by atoms with Crippen LogP contribution < -0.4 is 9.80 Å². The smallest absolute Gasteiger partial charge is 0.0468 e. The van der Waals surface area contributed by atoms with Crippen molar-refractivity contribution in [3.63, 3.8) is 0 Å². The molecule has 0 spiro atoms. The van der Waals surface area contributed by atoms with Gasteiger partial charge < -0.3 is 9.80 Å². The molecule has 0 radical (unpaired) electrons. The molecule has 0 heterocycles. The fourth-order valence-corrected chi connectivity index (χ4v) is 8.27. The summed E-state index contributed by atoms with van der Waals surface area (Å²) in [5.41, 5.74) is 10.5. The van der Waals surface area contributed by atoms with Gasteiger partial charge in [0.1, 0.15) is 0 Å². The molecule has 0 saturated heterocycles. The van der Waals surface area contributed by atoms with Crippen molar-refractivity contribution in [2.24, 2.45) is 0 Å². The van der Waals surface area contributed by atoms with Crippen molar-refractivity contribution in [3.8, 4) is 22.3 Å². The van der Waals surface area contributed by atoms with Crippen LogP contribution in [-0.4, -0.2) is 7.05 Å². The predicted molar refractivity (Wildman–Crippen MR) is 237 cm³/mol. The summed E-state index contributed by atoms with van der Waals surface area (Å²) in [7, 11) is 2.16. The number of hydrogen-bond donors (Lipinski definition) is 0. The first-order valence-corrected chi connectivity index (χ1v) is 18.9. The van der Waals surface area contributed by atoms with Gasteiger partial charge in [0.2, 0.25) is 0 Å². The standard InChI is InChI=1S/C53H38N2/c1-54(43-19-5-2-6-20-43)46-29-31-48-50(35-46)52(41-27-25-37-15-11-13-17-39(37)33-41)49-32-30-47(55(44-21-7-3-8-22-44)45-23-9-4-10-24-45)36-51(49)53(48)42-28-26-38-16-12-14-18-40(38)34-42/h2-36H,1H3. The normalized spacial score (nSPS) is 11.4. The summed E-state index contributed by atoms with van der Waals surface area (Å²) in [6.07, 6.45) is 0. The zero-order valence-corrected chi connectivity index (χ0v) is 30.6. The van der Waals surface area contributed by atoms with Gasteiger partial charge in [-0.25, -0.2) is 0 Å². The molecule has 10 rings (SSSR count). The number of para-hydroxylation sites is 3. The van der Waals surface area contributed by atoms with Crippen molar-refractivity contribution < 1.29 is 0 Å². The van der Waals surface area contributed by atoms with Crippen LogP contribution in [0.1, 0.15) is 0 Å². The van der Waals surface area contributed by atoms with Crippen molar-refractivity contribution in [1.29, 1.82) is 0 Å². The van der Waals surface area contributed by atoms with Crippen LogP contribution in [-0.2, 0) is 0 Å². The number of benzene rings is 10. The van der Waals surface area contributed by atoms with E-state index < -0.39 is 0 Å². The summed E-state index contributed by atoms with van der Waals surface area (Å²) in [6.45, 7) is 0. The Morgan fingerprint density at radius 3 is 1.16 bits per heavy atom. The summed E-state index contributed by atoms with van der Waals surface area (Å²) in [4.78, 5) is 4.64. The van der Waals surface area contributed by atoms with E-state index in [2.05, 4.69) is 229 Å². The Morgan fingerprint density at radius 2 is 0.673 bits per heavy atom. The zero-order valence-electron chi connectivity index (χ0n) is 30.6. The summed E-state index contributed by atoms with van der Waals surface area (Å²) in [5, 5.41) is 9.81. The molecule has 0 aromatic heterocycles. The maximum atomic E-state index is 2.41. The van der Waals surface area contributed by atoms with E-state index >= 15 is 0 Å². The van der Waals surface area contributed by atoms with Gasteiger partial charge in [-0.2, -0.15) is 0 Å². The van der Waals surface area contributed by atoms with E-state index in [-0.39, 0.29) is 0 Å². The molecule has 0 aliphatic heterocycles. The molecule has 0 aliphatic rings. The van der Waals surface area contributed by atoms with Crippen LogP contribution in [0.5, 0.6) is 0 Å². The highest BCUT2D eigenvalue weighted by molar-refractivity contribution is 6.23. The average Bonchev–Trinajstić information content (AvgIpc) is 3.26. The lowest BCUT2D eigenvalue weighted by Gasteiger charge is -2.27. The minimum absolute atomic E-state index is 1.11. The van der Waals surface area contributed by atoms with Gasteiger partial charge in [0, 0.05) is 35.5 Å². The van der Waals surface area contributed by atoms with Crippen LogP contribution in [0.3, 0.4) is 0 Å². The van der Waals surface area contributed by atoms with Gasteiger partial charge in [-0.05, 0) is 138 Å². The third-order valence-corrected chi connectivity index (χ3v) is 11.0. The van der Waals surface area contributed by atoms with E-state index in [1.807, 2.05) is 0 Å². The van der Waals surface area contributed by atoms with Crippen molar-refractivity contribution in [2.75, 3.05) is 16.8 Å². The van der Waals surface area contributed by atoms with Gasteiger partial charge in [0.25, 0.3) is 0 Å². The first-order valence-electron chi connectivity index (χ1n) is 18.9. The lowest BCUT2D eigenvalue weighted by Crippen LogP contribution is -2.10. The van der Waals surface area contributed by atoms with Crippen molar-refractivity contribution >= 4 is 71.5 Å². The summed E-state index contributed by atoms with van der Waals surface area (Å²) in [6, 6.07) is 77.2. The molecular formula is C53H38N2. The lowest BCUT2D eigenvalue weighted by molar-refractivity contribution is 1.21. The van der Waals surface area contributed by atoms with Gasteiger partial charge in [0.15, 0.2) is 0 Å². The first kappa shape index (κ1) is 32.5. The predicted octanol–water partition coefficient (Wildman–Crippen LogP) is 14.9. The fraction of sp³-hybridized carbons (Fsp3) is 0.0189. The maximum absolute atomic E-state index is 2.41. The van der Waals surface area contributed by atoms with Gasteiger partial charge in [0.05, 0.1) is 0 Å². The topological polar surface area (TPSA) is 6.48 Å². The number of nitrogens with zero attached hydrogens (tertiary/aromatic N) is 2.